The molecule has 0 aliphatic heterocycles. The van der Waals surface area contributed by atoms with E-state index in [1.54, 1.807) is 12.1 Å². The first-order valence-electron chi connectivity index (χ1n) is 7.08. The second-order valence-electron chi connectivity index (χ2n) is 5.69. The van der Waals surface area contributed by atoms with E-state index in [4.69, 9.17) is 0 Å². The zero-order valence-electron chi connectivity index (χ0n) is 12.7. The van der Waals surface area contributed by atoms with Crippen molar-refractivity contribution < 1.29 is 5.11 Å². The number of phenols is 1. The third kappa shape index (κ3) is 3.53. The van der Waals surface area contributed by atoms with Gasteiger partial charge in [0.05, 0.1) is 0 Å². The van der Waals surface area contributed by atoms with Crippen LogP contribution in [0.4, 0.5) is 5.69 Å². The summed E-state index contributed by atoms with van der Waals surface area (Å²) in [6.07, 6.45) is 0.938. The molecular weight excluding hydrogens is 246 g/mol. The Labute approximate surface area is 121 Å². The average Bonchev–Trinajstić information content (AvgIpc) is 2.36. The molecule has 2 aromatic carbocycles. The van der Waals surface area contributed by atoms with Crippen molar-refractivity contribution in [3.8, 4) is 5.75 Å². The van der Waals surface area contributed by atoms with Crippen LogP contribution in [0.15, 0.2) is 36.4 Å². The average molecular weight is 269 g/mol. The molecule has 0 saturated heterocycles. The van der Waals surface area contributed by atoms with Crippen LogP contribution in [0.25, 0.3) is 0 Å². The van der Waals surface area contributed by atoms with E-state index in [2.05, 4.69) is 45.1 Å². The fraction of sp³-hybridized carbons (Fsp3) is 0.333. The van der Waals surface area contributed by atoms with Crippen LogP contribution < -0.4 is 5.32 Å². The summed E-state index contributed by atoms with van der Waals surface area (Å²) in [5.41, 5.74) is 6.35. The van der Waals surface area contributed by atoms with Crippen LogP contribution in [0.5, 0.6) is 5.75 Å². The number of hydrogen-bond donors (Lipinski definition) is 2. The number of aryl methyl sites for hydroxylation is 3. The van der Waals surface area contributed by atoms with E-state index in [-0.39, 0.29) is 0 Å². The summed E-state index contributed by atoms with van der Waals surface area (Å²) >= 11 is 0. The van der Waals surface area contributed by atoms with Gasteiger partial charge in [-0.2, -0.15) is 0 Å². The van der Waals surface area contributed by atoms with E-state index in [9.17, 15) is 5.11 Å². The summed E-state index contributed by atoms with van der Waals surface area (Å²) < 4.78 is 0. The highest BCUT2D eigenvalue weighted by atomic mass is 16.3. The Hall–Kier alpha value is -1.96. The minimum absolute atomic E-state index is 0.319. The van der Waals surface area contributed by atoms with Gasteiger partial charge in [0.1, 0.15) is 5.75 Å². The van der Waals surface area contributed by atoms with Gasteiger partial charge >= 0.3 is 0 Å². The summed E-state index contributed by atoms with van der Waals surface area (Å²) in [7, 11) is 0. The van der Waals surface area contributed by atoms with Crippen molar-refractivity contribution in [2.24, 2.45) is 0 Å². The van der Waals surface area contributed by atoms with Crippen molar-refractivity contribution in [3.63, 3.8) is 0 Å². The normalized spacial score (nSPS) is 12.2. The van der Waals surface area contributed by atoms with Gasteiger partial charge in [-0.15, -0.1) is 0 Å². The van der Waals surface area contributed by atoms with E-state index in [0.29, 0.717) is 11.8 Å². The smallest absolute Gasteiger partial charge is 0.115 e. The van der Waals surface area contributed by atoms with Crippen molar-refractivity contribution >= 4 is 5.69 Å². The first-order valence-corrected chi connectivity index (χ1v) is 7.08. The van der Waals surface area contributed by atoms with Crippen molar-refractivity contribution in [2.75, 3.05) is 5.32 Å². The van der Waals surface area contributed by atoms with E-state index in [0.717, 1.165) is 6.42 Å². The number of phenolic OH excluding ortho intramolecular Hbond substituents is 1. The fourth-order valence-electron chi connectivity index (χ4n) is 2.69. The predicted octanol–water partition coefficient (Wildman–Crippen LogP) is 4.36. The molecule has 0 saturated carbocycles. The minimum Gasteiger partial charge on any atom is -0.508 e. The van der Waals surface area contributed by atoms with Crippen LogP contribution >= 0.6 is 0 Å². The lowest BCUT2D eigenvalue weighted by molar-refractivity contribution is 0.475. The summed E-state index contributed by atoms with van der Waals surface area (Å²) in [5, 5.41) is 12.9. The van der Waals surface area contributed by atoms with Crippen LogP contribution in [0, 0.1) is 20.8 Å². The fourth-order valence-corrected chi connectivity index (χ4v) is 2.69. The minimum atomic E-state index is 0.319. The summed E-state index contributed by atoms with van der Waals surface area (Å²) in [6, 6.07) is 12.2. The Morgan fingerprint density at radius 3 is 2.10 bits per heavy atom. The Balaban J connectivity index is 2.08. The van der Waals surface area contributed by atoms with E-state index >= 15 is 0 Å². The third-order valence-corrected chi connectivity index (χ3v) is 3.55. The van der Waals surface area contributed by atoms with Crippen LogP contribution in [0.2, 0.25) is 0 Å². The van der Waals surface area contributed by atoms with Crippen molar-refractivity contribution in [3.05, 3.63) is 58.7 Å². The van der Waals surface area contributed by atoms with Crippen LogP contribution in [-0.2, 0) is 6.42 Å². The lowest BCUT2D eigenvalue weighted by Crippen LogP contribution is -2.19. The Kier molecular flexibility index (Phi) is 4.33. The van der Waals surface area contributed by atoms with E-state index in [1.165, 1.54) is 27.9 Å². The van der Waals surface area contributed by atoms with Gasteiger partial charge < -0.3 is 10.4 Å². The molecule has 20 heavy (non-hydrogen) atoms. The summed E-state index contributed by atoms with van der Waals surface area (Å²) in [4.78, 5) is 0. The molecule has 0 spiro atoms. The third-order valence-electron chi connectivity index (χ3n) is 3.55. The van der Waals surface area contributed by atoms with Crippen LogP contribution in [0.1, 0.15) is 29.2 Å². The molecule has 0 heterocycles. The highest BCUT2D eigenvalue weighted by Gasteiger charge is 2.08. The Morgan fingerprint density at radius 2 is 1.55 bits per heavy atom. The topological polar surface area (TPSA) is 32.3 Å². The molecule has 1 unspecified atom stereocenters. The molecule has 2 nitrogen and oxygen atoms in total. The molecule has 0 aliphatic rings. The molecule has 0 radical (unpaired) electrons. The first-order chi connectivity index (χ1) is 9.45. The summed E-state index contributed by atoms with van der Waals surface area (Å²) in [6.45, 7) is 8.61. The predicted molar refractivity (Wildman–Crippen MR) is 85.5 cm³/mol. The van der Waals surface area contributed by atoms with Crippen molar-refractivity contribution in [1.82, 2.24) is 0 Å². The van der Waals surface area contributed by atoms with Gasteiger partial charge in [0.25, 0.3) is 0 Å². The molecule has 1 atom stereocenters. The molecule has 0 aromatic heterocycles. The van der Waals surface area contributed by atoms with Gasteiger partial charge in [0.15, 0.2) is 0 Å². The van der Waals surface area contributed by atoms with E-state index in [1.807, 2.05) is 12.1 Å². The SMILES string of the molecule is Cc1cc(C)c(NC(C)Cc2ccc(O)cc2)c(C)c1. The zero-order chi connectivity index (χ0) is 14.7. The molecule has 2 heteroatoms. The zero-order valence-corrected chi connectivity index (χ0v) is 12.7. The van der Waals surface area contributed by atoms with Gasteiger partial charge in [0.2, 0.25) is 0 Å². The second-order valence-corrected chi connectivity index (χ2v) is 5.69. The summed E-state index contributed by atoms with van der Waals surface area (Å²) in [5.74, 6) is 0.319. The maximum absolute atomic E-state index is 9.31. The lowest BCUT2D eigenvalue weighted by atomic mass is 10.0. The highest BCUT2D eigenvalue weighted by molar-refractivity contribution is 5.58. The van der Waals surface area contributed by atoms with Gasteiger partial charge in [-0.3, -0.25) is 0 Å². The molecule has 106 valence electrons. The molecule has 2 aromatic rings. The van der Waals surface area contributed by atoms with Crippen molar-refractivity contribution in [1.29, 1.82) is 0 Å². The quantitative estimate of drug-likeness (QED) is 0.864. The highest BCUT2D eigenvalue weighted by Crippen LogP contribution is 2.23. The van der Waals surface area contributed by atoms with Gasteiger partial charge in [-0.25, -0.2) is 0 Å². The Morgan fingerprint density at radius 1 is 1.00 bits per heavy atom. The molecule has 0 aliphatic carbocycles. The number of aromatic hydroxyl groups is 1. The molecule has 2 rings (SSSR count). The Bertz CT molecular complexity index is 564. The number of nitrogens with one attached hydrogen (secondary N) is 1. The molecule has 0 amide bonds. The first kappa shape index (κ1) is 14.4. The molecule has 2 N–H and O–H groups in total. The standard InChI is InChI=1S/C18H23NO/c1-12-9-13(2)18(14(3)10-12)19-15(4)11-16-5-7-17(20)8-6-16/h5-10,15,19-20H,11H2,1-4H3. The largest absolute Gasteiger partial charge is 0.508 e. The van der Waals surface area contributed by atoms with E-state index < -0.39 is 0 Å². The van der Waals surface area contributed by atoms with Crippen molar-refractivity contribution in [2.45, 2.75) is 40.2 Å². The number of anilines is 1. The monoisotopic (exact) mass is 269 g/mol. The number of rotatable bonds is 4. The molecular formula is C18H23NO. The number of benzene rings is 2. The maximum atomic E-state index is 9.31. The van der Waals surface area contributed by atoms with Gasteiger partial charge in [0, 0.05) is 11.7 Å². The number of hydrogen-bond acceptors (Lipinski definition) is 2. The lowest BCUT2D eigenvalue weighted by Gasteiger charge is -2.20. The van der Waals surface area contributed by atoms with Crippen LogP contribution in [-0.4, -0.2) is 11.1 Å². The molecule has 0 bridgehead atoms. The second kappa shape index (κ2) is 6.00. The van der Waals surface area contributed by atoms with Gasteiger partial charge in [-0.1, -0.05) is 29.8 Å². The molecule has 0 fully saturated rings. The van der Waals surface area contributed by atoms with Gasteiger partial charge in [-0.05, 0) is 62.9 Å². The maximum Gasteiger partial charge on any atom is 0.115 e. The van der Waals surface area contributed by atoms with Crippen LogP contribution in [0.3, 0.4) is 0 Å².